The number of benzene rings is 3. The number of aromatic nitrogens is 1. The quantitative estimate of drug-likeness (QED) is 0.135. The predicted molar refractivity (Wildman–Crippen MR) is 213 cm³/mol. The van der Waals surface area contributed by atoms with Gasteiger partial charge in [0.25, 0.3) is 0 Å². The standard InChI is InChI=1S/C44H47Cl2FN4O5/c1-42(2)18-20-43(21-19-42)44(32-16-13-28(45)23-33(32)50-41(44)55)34(31-17-22-48-39(46)35(31)47)37(40(54)49-29-14-15-30(24-52)56-25-29)51(43)36(26-9-5-3-6-10-26)38(53)27-11-7-4-8-12-27/h3-13,16-17,22-23,29-30,34,36-38,52-53H,14-15,18-21,24-25H2,1-2H3,(H,49,54)(H,50,55)/t29-,30+,34+,36-,37-,38+,44-/m1/s1. The molecule has 8 rings (SSSR count). The number of carbonyl (C=O) groups is 2. The summed E-state index contributed by atoms with van der Waals surface area (Å²) in [5.74, 6) is -2.78. The van der Waals surface area contributed by atoms with E-state index in [4.69, 9.17) is 27.9 Å². The van der Waals surface area contributed by atoms with Crippen LogP contribution in [0.1, 0.15) is 92.7 Å². The van der Waals surface area contributed by atoms with Crippen LogP contribution < -0.4 is 10.6 Å². The van der Waals surface area contributed by atoms with Gasteiger partial charge in [0.1, 0.15) is 5.41 Å². The summed E-state index contributed by atoms with van der Waals surface area (Å²) >= 11 is 13.1. The third kappa shape index (κ3) is 6.33. The number of pyridine rings is 1. The van der Waals surface area contributed by atoms with Crippen LogP contribution in [0.15, 0.2) is 91.1 Å². The number of likely N-dealkylation sites (tertiary alicyclic amines) is 1. The van der Waals surface area contributed by atoms with Crippen molar-refractivity contribution in [3.63, 3.8) is 0 Å². The maximum absolute atomic E-state index is 17.0. The fourth-order valence-electron chi connectivity index (χ4n) is 10.3. The van der Waals surface area contributed by atoms with Crippen LogP contribution in [0.3, 0.4) is 0 Å². The number of hydrogen-bond acceptors (Lipinski definition) is 7. The molecule has 9 nitrogen and oxygen atoms in total. The zero-order valence-corrected chi connectivity index (χ0v) is 32.9. The van der Waals surface area contributed by atoms with Gasteiger partial charge in [-0.3, -0.25) is 14.5 Å². The highest BCUT2D eigenvalue weighted by Crippen LogP contribution is 2.69. The molecule has 2 saturated heterocycles. The minimum atomic E-state index is -1.58. The molecule has 1 saturated carbocycles. The number of amides is 2. The summed E-state index contributed by atoms with van der Waals surface area (Å²) in [5.41, 5.74) is -0.313. The number of rotatable bonds is 8. The third-order valence-corrected chi connectivity index (χ3v) is 13.5. The van der Waals surface area contributed by atoms with Crippen molar-refractivity contribution >= 4 is 40.7 Å². The molecule has 0 unspecified atom stereocenters. The lowest BCUT2D eigenvalue weighted by Crippen LogP contribution is -2.64. The van der Waals surface area contributed by atoms with Crippen molar-refractivity contribution in [1.82, 2.24) is 15.2 Å². The van der Waals surface area contributed by atoms with Gasteiger partial charge in [0.2, 0.25) is 11.8 Å². The number of carbonyl (C=O) groups excluding carboxylic acids is 2. The molecule has 12 heteroatoms. The Hall–Kier alpha value is -3.90. The second kappa shape index (κ2) is 15.1. The number of fused-ring (bicyclic) bond motifs is 3. The molecule has 0 radical (unpaired) electrons. The summed E-state index contributed by atoms with van der Waals surface area (Å²) in [5, 5.41) is 29.0. The van der Waals surface area contributed by atoms with E-state index in [2.05, 4.69) is 34.4 Å². The van der Waals surface area contributed by atoms with Gasteiger partial charge in [-0.2, -0.15) is 0 Å². The zero-order chi connectivity index (χ0) is 39.4. The Morgan fingerprint density at radius 1 is 1.00 bits per heavy atom. The number of anilines is 1. The van der Waals surface area contributed by atoms with Gasteiger partial charge in [-0.05, 0) is 84.4 Å². The summed E-state index contributed by atoms with van der Waals surface area (Å²) in [4.78, 5) is 37.4. The summed E-state index contributed by atoms with van der Waals surface area (Å²) in [6.45, 7) is 4.45. The SMILES string of the molecule is CC1(C)CCC2(CC1)N([C@H](c1ccccc1)[C@@H](O)c1ccccc1)[C@@H](C(=O)N[C@@H]1CC[C@@H](CO)OC1)[C@H](c1ccnc(Cl)c1F)[C@]21C(=O)Nc2cc(Cl)ccc21. The highest BCUT2D eigenvalue weighted by molar-refractivity contribution is 6.31. The first-order valence-corrected chi connectivity index (χ1v) is 20.2. The number of halogens is 3. The van der Waals surface area contributed by atoms with E-state index in [9.17, 15) is 10.2 Å². The Bertz CT molecular complexity index is 2090. The lowest BCUT2D eigenvalue weighted by atomic mass is 9.53. The number of aliphatic hydroxyl groups is 2. The van der Waals surface area contributed by atoms with Gasteiger partial charge < -0.3 is 25.6 Å². The van der Waals surface area contributed by atoms with E-state index in [1.54, 1.807) is 12.1 Å². The Kier molecular flexibility index (Phi) is 10.5. The van der Waals surface area contributed by atoms with Crippen LogP contribution in [0.4, 0.5) is 10.1 Å². The maximum Gasteiger partial charge on any atom is 0.238 e. The first kappa shape index (κ1) is 38.9. The molecular formula is C44H47Cl2FN4O5. The Balaban J connectivity index is 1.46. The molecule has 2 spiro atoms. The van der Waals surface area contributed by atoms with Gasteiger partial charge >= 0.3 is 0 Å². The minimum Gasteiger partial charge on any atom is -0.394 e. The molecule has 0 bridgehead atoms. The van der Waals surface area contributed by atoms with Gasteiger partial charge in [-0.15, -0.1) is 0 Å². The van der Waals surface area contributed by atoms with E-state index < -0.39 is 52.8 Å². The van der Waals surface area contributed by atoms with Crippen LogP contribution in [0.2, 0.25) is 10.2 Å². The van der Waals surface area contributed by atoms with Crippen molar-refractivity contribution in [2.24, 2.45) is 5.41 Å². The van der Waals surface area contributed by atoms with Crippen LogP contribution in [0.25, 0.3) is 0 Å². The van der Waals surface area contributed by atoms with Crippen LogP contribution in [-0.2, 0) is 19.7 Å². The smallest absolute Gasteiger partial charge is 0.238 e. The van der Waals surface area contributed by atoms with E-state index in [1.165, 1.54) is 12.3 Å². The molecule has 56 heavy (non-hydrogen) atoms. The lowest BCUT2D eigenvalue weighted by molar-refractivity contribution is -0.138. The minimum absolute atomic E-state index is 0.0797. The fraction of sp³-hybridized carbons (Fsp3) is 0.432. The average Bonchev–Trinajstić information content (AvgIpc) is 3.63. The van der Waals surface area contributed by atoms with Gasteiger partial charge in [0.05, 0.1) is 43.5 Å². The molecule has 4 heterocycles. The van der Waals surface area contributed by atoms with Gasteiger partial charge in [0, 0.05) is 28.4 Å². The molecular weight excluding hydrogens is 754 g/mol. The van der Waals surface area contributed by atoms with Gasteiger partial charge in [-0.1, -0.05) is 104 Å². The van der Waals surface area contributed by atoms with Crippen molar-refractivity contribution in [3.8, 4) is 0 Å². The van der Waals surface area contributed by atoms with Crippen LogP contribution in [0, 0.1) is 11.2 Å². The second-order valence-corrected chi connectivity index (χ2v) is 17.4. The van der Waals surface area contributed by atoms with Gasteiger partial charge in [-0.25, -0.2) is 9.37 Å². The van der Waals surface area contributed by atoms with Gasteiger partial charge in [0.15, 0.2) is 11.0 Å². The second-order valence-electron chi connectivity index (χ2n) is 16.6. The summed E-state index contributed by atoms with van der Waals surface area (Å²) < 4.78 is 22.9. The van der Waals surface area contributed by atoms with Crippen molar-refractivity contribution in [2.45, 2.75) is 99.6 Å². The molecule has 4 aromatic rings. The monoisotopic (exact) mass is 800 g/mol. The van der Waals surface area contributed by atoms with E-state index in [0.29, 0.717) is 60.4 Å². The Labute approximate surface area is 336 Å². The fourth-order valence-corrected chi connectivity index (χ4v) is 10.7. The summed E-state index contributed by atoms with van der Waals surface area (Å²) in [6, 6.07) is 23.1. The molecule has 3 aliphatic heterocycles. The van der Waals surface area contributed by atoms with Crippen LogP contribution >= 0.6 is 23.2 Å². The molecule has 1 aliphatic carbocycles. The van der Waals surface area contributed by atoms with E-state index >= 15 is 14.0 Å². The van der Waals surface area contributed by atoms with Crippen LogP contribution in [-0.4, -0.2) is 68.9 Å². The molecule has 3 fully saturated rings. The first-order chi connectivity index (χ1) is 26.9. The third-order valence-electron chi connectivity index (χ3n) is 13.0. The van der Waals surface area contributed by atoms with E-state index in [0.717, 1.165) is 5.56 Å². The topological polar surface area (TPSA) is 124 Å². The molecule has 4 aliphatic rings. The Morgan fingerprint density at radius 2 is 1.68 bits per heavy atom. The predicted octanol–water partition coefficient (Wildman–Crippen LogP) is 7.66. The number of nitrogens with one attached hydrogen (secondary N) is 2. The maximum atomic E-state index is 17.0. The normalized spacial score (nSPS) is 27.8. The number of nitrogens with zero attached hydrogens (tertiary/aromatic N) is 2. The summed E-state index contributed by atoms with van der Waals surface area (Å²) in [7, 11) is 0. The highest BCUT2D eigenvalue weighted by atomic mass is 35.5. The Morgan fingerprint density at radius 3 is 2.32 bits per heavy atom. The first-order valence-electron chi connectivity index (χ1n) is 19.4. The summed E-state index contributed by atoms with van der Waals surface area (Å²) in [6.07, 6.45) is 3.25. The largest absolute Gasteiger partial charge is 0.394 e. The lowest BCUT2D eigenvalue weighted by Gasteiger charge is -2.56. The number of aliphatic hydroxyl groups excluding tert-OH is 2. The van der Waals surface area contributed by atoms with Crippen molar-refractivity contribution in [1.29, 1.82) is 0 Å². The van der Waals surface area contributed by atoms with Crippen molar-refractivity contribution in [3.05, 3.63) is 129 Å². The van der Waals surface area contributed by atoms with E-state index in [-0.39, 0.29) is 41.4 Å². The molecule has 294 valence electrons. The molecule has 2 amide bonds. The molecule has 7 atom stereocenters. The van der Waals surface area contributed by atoms with E-state index in [1.807, 2.05) is 66.7 Å². The van der Waals surface area contributed by atoms with Crippen LogP contribution in [0.5, 0.6) is 0 Å². The zero-order valence-electron chi connectivity index (χ0n) is 31.4. The van der Waals surface area contributed by atoms with Crippen molar-refractivity contribution in [2.75, 3.05) is 18.5 Å². The number of ether oxygens (including phenoxy) is 1. The molecule has 4 N–H and O–H groups in total. The number of hydrogen-bond donors (Lipinski definition) is 4. The molecule has 1 aromatic heterocycles. The van der Waals surface area contributed by atoms with Crippen molar-refractivity contribution < 1.29 is 28.9 Å². The highest BCUT2D eigenvalue weighted by Gasteiger charge is 2.77. The molecule has 3 aromatic carbocycles. The average molecular weight is 802 g/mol.